The van der Waals surface area contributed by atoms with Gasteiger partial charge >= 0.3 is 0 Å². The predicted molar refractivity (Wildman–Crippen MR) is 70.9 cm³/mol. The first kappa shape index (κ1) is 11.9. The van der Waals surface area contributed by atoms with Gasteiger partial charge < -0.3 is 10.5 Å². The minimum absolute atomic E-state index is 0.248. The Morgan fingerprint density at radius 1 is 1.47 bits per heavy atom. The fourth-order valence-corrected chi connectivity index (χ4v) is 2.11. The molecule has 0 saturated heterocycles. The Bertz CT molecular complexity index is 471. The number of rotatable bonds is 2. The number of nitrogens with one attached hydrogen (secondary N) is 2. The van der Waals surface area contributed by atoms with Crippen LogP contribution in [0, 0.1) is 0 Å². The largest absolute Gasteiger partial charge is 0.497 e. The van der Waals surface area contributed by atoms with Crippen LogP contribution in [-0.4, -0.2) is 17.9 Å². The number of hydrogen-bond acceptors (Lipinski definition) is 2. The molecule has 0 saturated carbocycles. The fraction of sp³-hybridized carbons (Fsp3) is 0.333. The fourth-order valence-electron chi connectivity index (χ4n) is 2.06. The smallest absolute Gasteiger partial charge is 0.221 e. The molecule has 0 fully saturated rings. The minimum atomic E-state index is 0.248. The van der Waals surface area contributed by atoms with Crippen molar-refractivity contribution in [1.82, 2.24) is 5.43 Å². The van der Waals surface area contributed by atoms with Crippen molar-refractivity contribution in [2.24, 2.45) is 5.73 Å². The Morgan fingerprint density at radius 3 is 3.00 bits per heavy atom. The van der Waals surface area contributed by atoms with Gasteiger partial charge in [0.15, 0.2) is 0 Å². The lowest BCUT2D eigenvalue weighted by molar-refractivity contribution is -0.506. The van der Waals surface area contributed by atoms with E-state index in [1.54, 1.807) is 7.11 Å². The van der Waals surface area contributed by atoms with Gasteiger partial charge in [-0.1, -0.05) is 0 Å². The summed E-state index contributed by atoms with van der Waals surface area (Å²) in [5, 5.41) is 3.32. The van der Waals surface area contributed by atoms with E-state index in [0.29, 0.717) is 0 Å². The molecular weight excluding hydrogens is 234 g/mol. The zero-order valence-electron chi connectivity index (χ0n) is 9.75. The summed E-state index contributed by atoms with van der Waals surface area (Å²) in [4.78, 5) is 0. The van der Waals surface area contributed by atoms with E-state index in [9.17, 15) is 0 Å². The highest BCUT2D eigenvalue weighted by molar-refractivity contribution is 7.80. The minimum Gasteiger partial charge on any atom is -0.497 e. The summed E-state index contributed by atoms with van der Waals surface area (Å²) in [6.07, 6.45) is 3.18. The van der Waals surface area contributed by atoms with Gasteiger partial charge in [0.1, 0.15) is 5.75 Å². The van der Waals surface area contributed by atoms with Gasteiger partial charge in [-0.15, -0.1) is 10.5 Å². The Kier molecular flexibility index (Phi) is 3.58. The van der Waals surface area contributed by atoms with Gasteiger partial charge in [-0.3, -0.25) is 0 Å². The van der Waals surface area contributed by atoms with Crippen molar-refractivity contribution in [2.75, 3.05) is 7.11 Å². The number of benzene rings is 1. The lowest BCUT2D eigenvalue weighted by atomic mass is 9.90. The number of hydrogen-bond donors (Lipinski definition) is 3. The highest BCUT2D eigenvalue weighted by Crippen LogP contribution is 2.24. The molecular formula is C12H16N3OS+. The van der Waals surface area contributed by atoms with Crippen LogP contribution in [0.4, 0.5) is 0 Å². The second-order valence-electron chi connectivity index (χ2n) is 3.97. The summed E-state index contributed by atoms with van der Waals surface area (Å²) < 4.78 is 5.23. The molecule has 0 atom stereocenters. The third kappa shape index (κ3) is 2.74. The van der Waals surface area contributed by atoms with E-state index in [1.165, 1.54) is 11.1 Å². The number of hydrazone groups is 1. The molecule has 5 heteroatoms. The van der Waals surface area contributed by atoms with Crippen LogP contribution in [0.3, 0.4) is 0 Å². The van der Waals surface area contributed by atoms with Gasteiger partial charge in [-0.2, -0.15) is 0 Å². The van der Waals surface area contributed by atoms with E-state index in [-0.39, 0.29) is 5.11 Å². The molecule has 1 aromatic rings. The van der Waals surface area contributed by atoms with Crippen molar-refractivity contribution in [2.45, 2.75) is 19.3 Å². The standard InChI is InChI=1S/C12H15N3OS/c1-16-9-5-6-10-8(7-9)3-2-4-11(10)14-15-12(13)17/h5-7H,2-4H2,1H3,(H3,13,15,17)/p+1. The summed E-state index contributed by atoms with van der Waals surface area (Å²) in [7, 11) is 1.68. The van der Waals surface area contributed by atoms with Crippen molar-refractivity contribution in [3.8, 4) is 5.75 Å². The van der Waals surface area contributed by atoms with Crippen LogP contribution in [0.25, 0.3) is 0 Å². The molecule has 1 aromatic carbocycles. The first-order valence-electron chi connectivity index (χ1n) is 5.55. The van der Waals surface area contributed by atoms with E-state index < -0.39 is 0 Å². The SMILES string of the molecule is COc1ccc2c(c1)CCCC2=[NH+]NC(N)=S. The molecule has 90 valence electrons. The number of methoxy groups -OCH3 is 1. The van der Waals surface area contributed by atoms with Crippen molar-refractivity contribution in [3.05, 3.63) is 29.3 Å². The van der Waals surface area contributed by atoms with Gasteiger partial charge in [-0.25, -0.2) is 0 Å². The summed E-state index contributed by atoms with van der Waals surface area (Å²) in [5.41, 5.74) is 11.8. The molecule has 0 aliphatic heterocycles. The molecule has 0 bridgehead atoms. The third-order valence-electron chi connectivity index (χ3n) is 2.85. The Balaban J connectivity index is 2.31. The number of nitrogens with two attached hydrogens (primary N) is 1. The maximum atomic E-state index is 5.40. The number of aryl methyl sites for hydroxylation is 1. The van der Waals surface area contributed by atoms with Gasteiger partial charge in [0.2, 0.25) is 10.8 Å². The number of fused-ring (bicyclic) bond motifs is 1. The second kappa shape index (κ2) is 5.14. The molecule has 4 nitrogen and oxygen atoms in total. The van der Waals surface area contributed by atoms with Crippen molar-refractivity contribution >= 4 is 23.0 Å². The van der Waals surface area contributed by atoms with Crippen molar-refractivity contribution in [3.63, 3.8) is 0 Å². The lowest BCUT2D eigenvalue weighted by Gasteiger charge is -2.14. The normalized spacial score (nSPS) is 16.4. The summed E-state index contributed by atoms with van der Waals surface area (Å²) >= 11 is 4.77. The van der Waals surface area contributed by atoms with Crippen LogP contribution in [0.1, 0.15) is 24.0 Å². The average Bonchev–Trinajstić information content (AvgIpc) is 2.35. The quantitative estimate of drug-likeness (QED) is 0.496. The maximum Gasteiger partial charge on any atom is 0.221 e. The molecule has 0 amide bonds. The monoisotopic (exact) mass is 250 g/mol. The molecule has 17 heavy (non-hydrogen) atoms. The number of hydrazine groups is 1. The van der Waals surface area contributed by atoms with Crippen molar-refractivity contribution in [1.29, 1.82) is 0 Å². The Morgan fingerprint density at radius 2 is 2.29 bits per heavy atom. The summed E-state index contributed by atoms with van der Waals surface area (Å²) in [6.45, 7) is 0. The molecule has 2 rings (SSSR count). The van der Waals surface area contributed by atoms with E-state index in [0.717, 1.165) is 30.7 Å². The predicted octanol–water partition coefficient (Wildman–Crippen LogP) is -0.351. The van der Waals surface area contributed by atoms with Crippen LogP contribution in [0.5, 0.6) is 5.75 Å². The van der Waals surface area contributed by atoms with Crippen LogP contribution in [-0.2, 0) is 6.42 Å². The summed E-state index contributed by atoms with van der Waals surface area (Å²) in [5.74, 6) is 0.896. The van der Waals surface area contributed by atoms with Gasteiger partial charge in [0.25, 0.3) is 0 Å². The number of thiocarbonyl (C=S) groups is 1. The molecule has 0 heterocycles. The molecule has 4 N–H and O–H groups in total. The van der Waals surface area contributed by atoms with E-state index in [2.05, 4.69) is 22.7 Å². The topological polar surface area (TPSA) is 61.2 Å². The average molecular weight is 250 g/mol. The van der Waals surface area contributed by atoms with E-state index in [1.807, 2.05) is 6.07 Å². The lowest BCUT2D eigenvalue weighted by Crippen LogP contribution is -2.85. The Labute approximate surface area is 106 Å². The molecule has 1 aliphatic rings. The van der Waals surface area contributed by atoms with Crippen LogP contribution < -0.4 is 21.0 Å². The van der Waals surface area contributed by atoms with E-state index in [4.69, 9.17) is 22.7 Å². The van der Waals surface area contributed by atoms with Crippen molar-refractivity contribution < 1.29 is 9.84 Å². The second-order valence-corrected chi connectivity index (χ2v) is 4.41. The molecule has 0 spiro atoms. The number of ether oxygens (including phenoxy) is 1. The highest BCUT2D eigenvalue weighted by atomic mass is 32.1. The molecule has 0 unspecified atom stereocenters. The highest BCUT2D eigenvalue weighted by Gasteiger charge is 2.20. The van der Waals surface area contributed by atoms with Gasteiger partial charge in [-0.05, 0) is 48.8 Å². The summed E-state index contributed by atoms with van der Waals surface area (Å²) in [6, 6.07) is 6.11. The molecule has 1 aliphatic carbocycles. The Hall–Kier alpha value is -1.62. The van der Waals surface area contributed by atoms with Crippen LogP contribution in [0.2, 0.25) is 0 Å². The van der Waals surface area contributed by atoms with E-state index >= 15 is 0 Å². The van der Waals surface area contributed by atoms with Crippen LogP contribution in [0.15, 0.2) is 18.2 Å². The van der Waals surface area contributed by atoms with Crippen LogP contribution >= 0.6 is 12.2 Å². The maximum absolute atomic E-state index is 5.40. The third-order valence-corrected chi connectivity index (χ3v) is 2.95. The van der Waals surface area contributed by atoms with Gasteiger partial charge in [0, 0.05) is 12.0 Å². The first-order valence-corrected chi connectivity index (χ1v) is 5.96. The van der Waals surface area contributed by atoms with Gasteiger partial charge in [0.05, 0.1) is 7.11 Å². The first-order chi connectivity index (χ1) is 8.20. The molecule has 0 radical (unpaired) electrons. The molecule has 0 aromatic heterocycles. The zero-order chi connectivity index (χ0) is 12.3. The zero-order valence-corrected chi connectivity index (χ0v) is 10.6.